The van der Waals surface area contributed by atoms with Gasteiger partial charge in [-0.2, -0.15) is 0 Å². The maximum atomic E-state index is 11.1. The predicted molar refractivity (Wildman–Crippen MR) is 86.3 cm³/mol. The van der Waals surface area contributed by atoms with E-state index in [-0.39, 0.29) is 10.6 Å². The molecule has 2 N–H and O–H groups in total. The van der Waals surface area contributed by atoms with E-state index in [4.69, 9.17) is 16.7 Å². The minimum absolute atomic E-state index is 0.148. The van der Waals surface area contributed by atoms with Crippen LogP contribution < -0.4 is 5.32 Å². The first-order valence-corrected chi connectivity index (χ1v) is 7.90. The lowest BCUT2D eigenvalue weighted by molar-refractivity contribution is 0.0697. The van der Waals surface area contributed by atoms with Gasteiger partial charge in [-0.05, 0) is 63.5 Å². The van der Waals surface area contributed by atoms with Crippen LogP contribution in [0.15, 0.2) is 18.2 Å². The molecule has 5 heteroatoms. The predicted octanol–water partition coefficient (Wildman–Crippen LogP) is 3.57. The number of likely N-dealkylation sites (tertiary alicyclic amines) is 1. The van der Waals surface area contributed by atoms with Gasteiger partial charge in [-0.3, -0.25) is 0 Å². The fraction of sp³-hybridized carbons (Fsp3) is 0.562. The van der Waals surface area contributed by atoms with E-state index in [1.165, 1.54) is 12.8 Å². The van der Waals surface area contributed by atoms with Crippen molar-refractivity contribution in [2.45, 2.75) is 32.7 Å². The summed E-state index contributed by atoms with van der Waals surface area (Å²) in [5.74, 6) is -0.371. The number of benzene rings is 1. The molecule has 1 aromatic rings. The monoisotopic (exact) mass is 310 g/mol. The molecule has 0 amide bonds. The summed E-state index contributed by atoms with van der Waals surface area (Å²) in [6, 6.07) is 5.42. The minimum Gasteiger partial charge on any atom is -0.478 e. The van der Waals surface area contributed by atoms with Gasteiger partial charge < -0.3 is 15.3 Å². The summed E-state index contributed by atoms with van der Waals surface area (Å²) in [4.78, 5) is 13.6. The summed E-state index contributed by atoms with van der Waals surface area (Å²) >= 11 is 5.89. The number of carboxylic acid groups (broad SMARTS) is 1. The Kier molecular flexibility index (Phi) is 5.48. The Hall–Kier alpha value is -1.26. The molecule has 2 rings (SSSR count). The molecule has 4 nitrogen and oxygen atoms in total. The number of hydrogen-bond acceptors (Lipinski definition) is 3. The summed E-state index contributed by atoms with van der Waals surface area (Å²) in [7, 11) is 0. The number of anilines is 1. The highest BCUT2D eigenvalue weighted by molar-refractivity contribution is 6.33. The van der Waals surface area contributed by atoms with Gasteiger partial charge in [-0.15, -0.1) is 0 Å². The number of carbonyl (C=O) groups is 1. The third-order valence-corrected chi connectivity index (χ3v) is 4.71. The molecule has 1 atom stereocenters. The first-order valence-electron chi connectivity index (χ1n) is 7.53. The summed E-state index contributed by atoms with van der Waals surface area (Å²) in [6.45, 7) is 7.78. The SMILES string of the molecule is CCN1CCC(C(C)Nc2ccc(Cl)c(C(=O)O)c2)CC1. The van der Waals surface area contributed by atoms with Crippen LogP contribution in [-0.4, -0.2) is 41.7 Å². The largest absolute Gasteiger partial charge is 0.478 e. The Bertz CT molecular complexity index is 499. The summed E-state index contributed by atoms with van der Waals surface area (Å²) in [6.07, 6.45) is 2.36. The molecule has 1 unspecified atom stereocenters. The topological polar surface area (TPSA) is 52.6 Å². The van der Waals surface area contributed by atoms with Crippen molar-refractivity contribution in [1.82, 2.24) is 4.90 Å². The third kappa shape index (κ3) is 4.11. The zero-order valence-corrected chi connectivity index (χ0v) is 13.4. The molecule has 0 saturated carbocycles. The number of nitrogens with one attached hydrogen (secondary N) is 1. The van der Waals surface area contributed by atoms with Crippen LogP contribution in [0.2, 0.25) is 5.02 Å². The number of piperidine rings is 1. The molecule has 1 aromatic carbocycles. The van der Waals surface area contributed by atoms with Crippen LogP contribution >= 0.6 is 11.6 Å². The van der Waals surface area contributed by atoms with E-state index in [9.17, 15) is 4.79 Å². The van der Waals surface area contributed by atoms with Gasteiger partial charge in [-0.1, -0.05) is 18.5 Å². The van der Waals surface area contributed by atoms with Crippen LogP contribution in [0.1, 0.15) is 37.0 Å². The van der Waals surface area contributed by atoms with E-state index in [0.29, 0.717) is 12.0 Å². The van der Waals surface area contributed by atoms with E-state index >= 15 is 0 Å². The standard InChI is InChI=1S/C16H23ClN2O2/c1-3-19-8-6-12(7-9-19)11(2)18-13-4-5-15(17)14(10-13)16(20)21/h4-5,10-12,18H,3,6-9H2,1-2H3,(H,20,21). The Labute approximate surface area is 131 Å². The van der Waals surface area contributed by atoms with E-state index in [0.717, 1.165) is 25.3 Å². The Balaban J connectivity index is 1.98. The molecule has 0 bridgehead atoms. The van der Waals surface area contributed by atoms with E-state index in [1.54, 1.807) is 12.1 Å². The van der Waals surface area contributed by atoms with Crippen molar-refractivity contribution < 1.29 is 9.90 Å². The van der Waals surface area contributed by atoms with Gasteiger partial charge in [0.15, 0.2) is 0 Å². The van der Waals surface area contributed by atoms with E-state index < -0.39 is 5.97 Å². The highest BCUT2D eigenvalue weighted by Gasteiger charge is 2.23. The van der Waals surface area contributed by atoms with Crippen LogP contribution in [0.4, 0.5) is 5.69 Å². The third-order valence-electron chi connectivity index (χ3n) is 4.38. The second-order valence-corrected chi connectivity index (χ2v) is 6.11. The molecule has 0 radical (unpaired) electrons. The van der Waals surface area contributed by atoms with Gasteiger partial charge in [0, 0.05) is 11.7 Å². The molecule has 1 saturated heterocycles. The number of nitrogens with zero attached hydrogens (tertiary/aromatic N) is 1. The maximum absolute atomic E-state index is 11.1. The molecule has 1 aliphatic rings. The molecule has 0 aliphatic carbocycles. The first-order chi connectivity index (χ1) is 10.0. The lowest BCUT2D eigenvalue weighted by Gasteiger charge is -2.34. The van der Waals surface area contributed by atoms with Crippen LogP contribution in [0.3, 0.4) is 0 Å². The normalized spacial score (nSPS) is 18.4. The Morgan fingerprint density at radius 3 is 2.71 bits per heavy atom. The van der Waals surface area contributed by atoms with Crippen molar-refractivity contribution in [3.8, 4) is 0 Å². The quantitative estimate of drug-likeness (QED) is 0.873. The maximum Gasteiger partial charge on any atom is 0.337 e. The van der Waals surface area contributed by atoms with Crippen LogP contribution in [0.25, 0.3) is 0 Å². The van der Waals surface area contributed by atoms with Crippen molar-refractivity contribution in [2.75, 3.05) is 25.0 Å². The highest BCUT2D eigenvalue weighted by Crippen LogP contribution is 2.25. The second kappa shape index (κ2) is 7.14. The second-order valence-electron chi connectivity index (χ2n) is 5.70. The zero-order chi connectivity index (χ0) is 15.4. The smallest absolute Gasteiger partial charge is 0.337 e. The van der Waals surface area contributed by atoms with Crippen molar-refractivity contribution >= 4 is 23.3 Å². The lowest BCUT2D eigenvalue weighted by Crippen LogP contribution is -2.39. The summed E-state index contributed by atoms with van der Waals surface area (Å²) < 4.78 is 0. The number of carboxylic acids is 1. The molecule has 0 spiro atoms. The van der Waals surface area contributed by atoms with Gasteiger partial charge in [0.05, 0.1) is 10.6 Å². The Morgan fingerprint density at radius 2 is 2.14 bits per heavy atom. The molecular formula is C16H23ClN2O2. The van der Waals surface area contributed by atoms with Gasteiger partial charge in [0.2, 0.25) is 0 Å². The van der Waals surface area contributed by atoms with Crippen LogP contribution in [0.5, 0.6) is 0 Å². The van der Waals surface area contributed by atoms with Crippen molar-refractivity contribution in [3.63, 3.8) is 0 Å². The minimum atomic E-state index is -0.993. The molecule has 1 fully saturated rings. The fourth-order valence-corrected chi connectivity index (χ4v) is 3.13. The van der Waals surface area contributed by atoms with Gasteiger partial charge in [-0.25, -0.2) is 4.79 Å². The van der Waals surface area contributed by atoms with Crippen molar-refractivity contribution in [3.05, 3.63) is 28.8 Å². The van der Waals surface area contributed by atoms with Crippen LogP contribution in [0, 0.1) is 5.92 Å². The highest BCUT2D eigenvalue weighted by atomic mass is 35.5. The van der Waals surface area contributed by atoms with Gasteiger partial charge in [0.1, 0.15) is 0 Å². The van der Waals surface area contributed by atoms with E-state index in [1.807, 2.05) is 6.07 Å². The molecular weight excluding hydrogens is 288 g/mol. The van der Waals surface area contributed by atoms with Crippen LogP contribution in [-0.2, 0) is 0 Å². The van der Waals surface area contributed by atoms with Crippen molar-refractivity contribution in [1.29, 1.82) is 0 Å². The molecule has 1 heterocycles. The van der Waals surface area contributed by atoms with Gasteiger partial charge >= 0.3 is 5.97 Å². The molecule has 21 heavy (non-hydrogen) atoms. The molecule has 1 aliphatic heterocycles. The fourth-order valence-electron chi connectivity index (χ4n) is 2.93. The number of hydrogen-bond donors (Lipinski definition) is 2. The average Bonchev–Trinajstić information content (AvgIpc) is 2.49. The summed E-state index contributed by atoms with van der Waals surface area (Å²) in [5.41, 5.74) is 0.969. The molecule has 116 valence electrons. The number of halogens is 1. The number of rotatable bonds is 5. The molecule has 0 aromatic heterocycles. The van der Waals surface area contributed by atoms with Crippen molar-refractivity contribution in [2.24, 2.45) is 5.92 Å². The lowest BCUT2D eigenvalue weighted by atomic mass is 9.90. The summed E-state index contributed by atoms with van der Waals surface area (Å²) in [5, 5.41) is 12.8. The first kappa shape index (κ1) is 16.1. The van der Waals surface area contributed by atoms with Gasteiger partial charge in [0.25, 0.3) is 0 Å². The Morgan fingerprint density at radius 1 is 1.48 bits per heavy atom. The zero-order valence-electron chi connectivity index (χ0n) is 12.6. The average molecular weight is 311 g/mol. The van der Waals surface area contributed by atoms with E-state index in [2.05, 4.69) is 24.1 Å². The number of aromatic carboxylic acids is 1.